The SMILES string of the molecule is Oc1ccc2c(c1)OCc1cc(F)ccc1-2. The minimum absolute atomic E-state index is 0.171. The van der Waals surface area contributed by atoms with Crippen molar-refractivity contribution in [1.82, 2.24) is 0 Å². The van der Waals surface area contributed by atoms with Crippen molar-refractivity contribution in [1.29, 1.82) is 0 Å². The molecule has 1 N–H and O–H groups in total. The van der Waals surface area contributed by atoms with Crippen LogP contribution in [0.2, 0.25) is 0 Å². The summed E-state index contributed by atoms with van der Waals surface area (Å²) in [6, 6.07) is 9.60. The van der Waals surface area contributed by atoms with E-state index in [0.717, 1.165) is 16.7 Å². The van der Waals surface area contributed by atoms with Crippen molar-refractivity contribution in [2.45, 2.75) is 6.61 Å². The zero-order valence-corrected chi connectivity index (χ0v) is 8.40. The fraction of sp³-hybridized carbons (Fsp3) is 0.0769. The van der Waals surface area contributed by atoms with Crippen LogP contribution in [0.1, 0.15) is 5.56 Å². The Labute approximate surface area is 91.9 Å². The Morgan fingerprint density at radius 1 is 1.06 bits per heavy atom. The van der Waals surface area contributed by atoms with E-state index >= 15 is 0 Å². The van der Waals surface area contributed by atoms with Gasteiger partial charge in [-0.15, -0.1) is 0 Å². The van der Waals surface area contributed by atoms with Gasteiger partial charge >= 0.3 is 0 Å². The number of hydrogen-bond acceptors (Lipinski definition) is 2. The first-order valence-corrected chi connectivity index (χ1v) is 4.99. The summed E-state index contributed by atoms with van der Waals surface area (Å²) in [6.07, 6.45) is 0. The van der Waals surface area contributed by atoms with Gasteiger partial charge in [-0.25, -0.2) is 4.39 Å². The van der Waals surface area contributed by atoms with Crippen molar-refractivity contribution >= 4 is 0 Å². The second-order valence-corrected chi connectivity index (χ2v) is 3.77. The van der Waals surface area contributed by atoms with E-state index < -0.39 is 0 Å². The van der Waals surface area contributed by atoms with Crippen LogP contribution in [0.5, 0.6) is 11.5 Å². The Morgan fingerprint density at radius 3 is 2.75 bits per heavy atom. The Morgan fingerprint density at radius 2 is 1.88 bits per heavy atom. The van der Waals surface area contributed by atoms with Crippen molar-refractivity contribution in [3.63, 3.8) is 0 Å². The molecule has 0 unspecified atom stereocenters. The van der Waals surface area contributed by atoms with E-state index in [9.17, 15) is 9.50 Å². The minimum atomic E-state index is -0.260. The number of halogens is 1. The van der Waals surface area contributed by atoms with Crippen LogP contribution in [-0.2, 0) is 6.61 Å². The van der Waals surface area contributed by atoms with Gasteiger partial charge in [0.25, 0.3) is 0 Å². The lowest BCUT2D eigenvalue weighted by molar-refractivity contribution is 0.300. The molecule has 1 heterocycles. The Balaban J connectivity index is 2.23. The summed E-state index contributed by atoms with van der Waals surface area (Å²) in [7, 11) is 0. The maximum absolute atomic E-state index is 13.0. The second kappa shape index (κ2) is 3.23. The number of hydrogen-bond donors (Lipinski definition) is 1. The van der Waals surface area contributed by atoms with Gasteiger partial charge < -0.3 is 9.84 Å². The normalized spacial score (nSPS) is 12.6. The lowest BCUT2D eigenvalue weighted by atomic mass is 9.97. The van der Waals surface area contributed by atoms with Gasteiger partial charge in [-0.3, -0.25) is 0 Å². The molecule has 2 aromatic rings. The molecule has 0 bridgehead atoms. The number of aromatic hydroxyl groups is 1. The monoisotopic (exact) mass is 216 g/mol. The van der Waals surface area contributed by atoms with E-state index in [1.807, 2.05) is 0 Å². The highest BCUT2D eigenvalue weighted by Gasteiger charge is 2.17. The number of fused-ring (bicyclic) bond motifs is 3. The average Bonchev–Trinajstić information content (AvgIpc) is 2.28. The number of rotatable bonds is 0. The number of benzene rings is 2. The van der Waals surface area contributed by atoms with Crippen LogP contribution in [0.25, 0.3) is 11.1 Å². The third-order valence-electron chi connectivity index (χ3n) is 2.71. The maximum atomic E-state index is 13.0. The highest BCUT2D eigenvalue weighted by atomic mass is 19.1. The molecule has 1 aliphatic heterocycles. The first-order chi connectivity index (χ1) is 7.74. The average molecular weight is 216 g/mol. The van der Waals surface area contributed by atoms with Gasteiger partial charge in [0.1, 0.15) is 23.9 Å². The van der Waals surface area contributed by atoms with Gasteiger partial charge in [-0.05, 0) is 29.8 Å². The molecular weight excluding hydrogens is 207 g/mol. The highest BCUT2D eigenvalue weighted by Crippen LogP contribution is 2.39. The molecule has 80 valence electrons. The first-order valence-electron chi connectivity index (χ1n) is 4.99. The van der Waals surface area contributed by atoms with E-state index in [0.29, 0.717) is 12.4 Å². The summed E-state index contributed by atoms with van der Waals surface area (Å²) in [5, 5.41) is 9.34. The molecular formula is C13H9FO2. The molecule has 0 spiro atoms. The van der Waals surface area contributed by atoms with Crippen molar-refractivity contribution in [3.05, 3.63) is 47.8 Å². The quantitative estimate of drug-likeness (QED) is 0.733. The van der Waals surface area contributed by atoms with Crippen LogP contribution in [-0.4, -0.2) is 5.11 Å². The van der Waals surface area contributed by atoms with Crippen LogP contribution < -0.4 is 4.74 Å². The summed E-state index contributed by atoms with van der Waals surface area (Å²) in [5.41, 5.74) is 2.68. The molecule has 3 heteroatoms. The van der Waals surface area contributed by atoms with E-state index in [4.69, 9.17) is 4.74 Å². The number of ether oxygens (including phenoxy) is 1. The van der Waals surface area contributed by atoms with Gasteiger partial charge in [0.2, 0.25) is 0 Å². The molecule has 16 heavy (non-hydrogen) atoms. The summed E-state index contributed by atoms with van der Waals surface area (Å²) in [6.45, 7) is 0.337. The third kappa shape index (κ3) is 1.33. The molecule has 0 amide bonds. The van der Waals surface area contributed by atoms with Crippen LogP contribution in [0.4, 0.5) is 4.39 Å². The van der Waals surface area contributed by atoms with Crippen molar-refractivity contribution in [2.75, 3.05) is 0 Å². The van der Waals surface area contributed by atoms with Crippen LogP contribution in [0.15, 0.2) is 36.4 Å². The van der Waals surface area contributed by atoms with E-state index in [-0.39, 0.29) is 11.6 Å². The summed E-state index contributed by atoms with van der Waals surface area (Å²) in [4.78, 5) is 0. The van der Waals surface area contributed by atoms with Crippen LogP contribution in [0, 0.1) is 5.82 Å². The molecule has 0 aliphatic carbocycles. The highest BCUT2D eigenvalue weighted by molar-refractivity contribution is 5.75. The molecule has 1 aliphatic rings. The number of phenolic OH excluding ortho intramolecular Hbond substituents is 1. The van der Waals surface area contributed by atoms with Gasteiger partial charge in [0.15, 0.2) is 0 Å². The summed E-state index contributed by atoms with van der Waals surface area (Å²) in [5.74, 6) is 0.549. The molecule has 0 aromatic heterocycles. The van der Waals surface area contributed by atoms with E-state index in [1.54, 1.807) is 24.3 Å². The minimum Gasteiger partial charge on any atom is -0.508 e. The zero-order valence-electron chi connectivity index (χ0n) is 8.40. The first kappa shape index (κ1) is 9.21. The lowest BCUT2D eigenvalue weighted by Gasteiger charge is -2.20. The predicted octanol–water partition coefficient (Wildman–Crippen LogP) is 3.09. The van der Waals surface area contributed by atoms with Gasteiger partial charge in [-0.1, -0.05) is 6.07 Å². The molecule has 0 saturated carbocycles. The Bertz CT molecular complexity index is 512. The van der Waals surface area contributed by atoms with Crippen molar-refractivity contribution < 1.29 is 14.2 Å². The van der Waals surface area contributed by atoms with Gasteiger partial charge in [0, 0.05) is 17.2 Å². The largest absolute Gasteiger partial charge is 0.508 e. The zero-order chi connectivity index (χ0) is 11.1. The second-order valence-electron chi connectivity index (χ2n) is 3.77. The standard InChI is InChI=1S/C13H9FO2/c14-9-1-3-11-8(5-9)7-16-13-6-10(15)2-4-12(11)13/h1-6,15H,7H2. The van der Waals surface area contributed by atoms with Gasteiger partial charge in [-0.2, -0.15) is 0 Å². The fourth-order valence-electron chi connectivity index (χ4n) is 1.95. The topological polar surface area (TPSA) is 29.5 Å². The molecule has 2 nitrogen and oxygen atoms in total. The van der Waals surface area contributed by atoms with Gasteiger partial charge in [0.05, 0.1) is 0 Å². The molecule has 0 fully saturated rings. The predicted molar refractivity (Wildman–Crippen MR) is 57.8 cm³/mol. The van der Waals surface area contributed by atoms with Crippen LogP contribution in [0.3, 0.4) is 0 Å². The van der Waals surface area contributed by atoms with Crippen molar-refractivity contribution in [3.8, 4) is 22.6 Å². The summed E-state index contributed by atoms with van der Waals surface area (Å²) >= 11 is 0. The maximum Gasteiger partial charge on any atom is 0.131 e. The third-order valence-corrected chi connectivity index (χ3v) is 2.71. The molecule has 2 aromatic carbocycles. The van der Waals surface area contributed by atoms with E-state index in [2.05, 4.69) is 0 Å². The Hall–Kier alpha value is -2.03. The smallest absolute Gasteiger partial charge is 0.131 e. The Kier molecular flexibility index (Phi) is 1.86. The molecule has 0 saturated heterocycles. The lowest BCUT2D eigenvalue weighted by Crippen LogP contribution is -2.05. The van der Waals surface area contributed by atoms with Crippen molar-refractivity contribution in [2.24, 2.45) is 0 Å². The van der Waals surface area contributed by atoms with Crippen LogP contribution >= 0.6 is 0 Å². The fourth-order valence-corrected chi connectivity index (χ4v) is 1.95. The van der Waals surface area contributed by atoms with E-state index in [1.165, 1.54) is 12.1 Å². The molecule has 0 radical (unpaired) electrons. The molecule has 3 rings (SSSR count). The summed E-state index contributed by atoms with van der Waals surface area (Å²) < 4.78 is 18.5. The molecule has 0 atom stereocenters. The number of phenols is 1.